The highest BCUT2D eigenvalue weighted by Crippen LogP contribution is 2.33. The molecule has 0 radical (unpaired) electrons. The Kier molecular flexibility index (Phi) is 4.74. The first-order valence-electron chi connectivity index (χ1n) is 7.32. The van der Waals surface area contributed by atoms with E-state index in [1.807, 2.05) is 42.5 Å². The molecule has 3 aromatic rings. The second-order valence-electron chi connectivity index (χ2n) is 5.42. The molecule has 0 fully saturated rings. The Morgan fingerprint density at radius 2 is 1.91 bits per heavy atom. The number of aryl methyl sites for hydroxylation is 1. The maximum atomic E-state index is 10.8. The molecule has 0 saturated heterocycles. The second kappa shape index (κ2) is 6.77. The van der Waals surface area contributed by atoms with Crippen molar-refractivity contribution in [2.24, 2.45) is 0 Å². The number of fused-ring (bicyclic) bond motifs is 1. The highest BCUT2D eigenvalue weighted by molar-refractivity contribution is 9.10. The molecule has 2 N–H and O–H groups in total. The van der Waals surface area contributed by atoms with Crippen LogP contribution in [0.25, 0.3) is 22.2 Å². The minimum atomic E-state index is -0.770. The second-order valence-corrected chi connectivity index (χ2v) is 6.77. The van der Waals surface area contributed by atoms with Gasteiger partial charge in [0, 0.05) is 32.5 Å². The van der Waals surface area contributed by atoms with Crippen molar-refractivity contribution in [2.45, 2.75) is 19.3 Å². The summed E-state index contributed by atoms with van der Waals surface area (Å²) >= 11 is 9.58. The normalized spacial score (nSPS) is 11.0. The van der Waals surface area contributed by atoms with Gasteiger partial charge < -0.3 is 10.1 Å². The van der Waals surface area contributed by atoms with Crippen molar-refractivity contribution in [3.05, 3.63) is 57.5 Å². The van der Waals surface area contributed by atoms with E-state index >= 15 is 0 Å². The van der Waals surface area contributed by atoms with Crippen molar-refractivity contribution in [3.63, 3.8) is 0 Å². The van der Waals surface area contributed by atoms with Gasteiger partial charge in [0.2, 0.25) is 0 Å². The van der Waals surface area contributed by atoms with Gasteiger partial charge in [-0.15, -0.1) is 0 Å². The molecular weight excluding hydrogens is 378 g/mol. The molecular formula is C18H15BrClNO2. The Morgan fingerprint density at radius 3 is 2.61 bits per heavy atom. The minimum Gasteiger partial charge on any atom is -0.481 e. The lowest BCUT2D eigenvalue weighted by Gasteiger charge is -2.05. The molecule has 0 bridgehead atoms. The molecule has 23 heavy (non-hydrogen) atoms. The smallest absolute Gasteiger partial charge is 0.303 e. The number of carboxylic acid groups (broad SMARTS) is 1. The Labute approximate surface area is 147 Å². The molecule has 0 saturated carbocycles. The van der Waals surface area contributed by atoms with Crippen LogP contribution in [0.2, 0.25) is 5.02 Å². The topological polar surface area (TPSA) is 53.1 Å². The van der Waals surface area contributed by atoms with Crippen LogP contribution in [0.1, 0.15) is 18.4 Å². The third-order valence-corrected chi connectivity index (χ3v) is 4.58. The van der Waals surface area contributed by atoms with Crippen LogP contribution in [0.4, 0.5) is 0 Å². The molecule has 3 rings (SSSR count). The van der Waals surface area contributed by atoms with Gasteiger partial charge in [0.05, 0.1) is 0 Å². The van der Waals surface area contributed by atoms with E-state index in [0.717, 1.165) is 32.2 Å². The van der Waals surface area contributed by atoms with Crippen molar-refractivity contribution in [3.8, 4) is 11.3 Å². The van der Waals surface area contributed by atoms with Crippen LogP contribution in [-0.4, -0.2) is 16.1 Å². The van der Waals surface area contributed by atoms with Gasteiger partial charge in [-0.05, 0) is 54.3 Å². The first kappa shape index (κ1) is 16.1. The Hall–Kier alpha value is -1.78. The zero-order valence-corrected chi connectivity index (χ0v) is 14.6. The van der Waals surface area contributed by atoms with E-state index < -0.39 is 5.97 Å². The zero-order valence-electron chi connectivity index (χ0n) is 12.3. The van der Waals surface area contributed by atoms with E-state index in [2.05, 4.69) is 20.9 Å². The first-order chi connectivity index (χ1) is 11.0. The quantitative estimate of drug-likeness (QED) is 0.589. The van der Waals surface area contributed by atoms with E-state index in [0.29, 0.717) is 17.9 Å². The number of halogens is 2. The predicted octanol–water partition coefficient (Wildman–Crippen LogP) is 5.66. The summed E-state index contributed by atoms with van der Waals surface area (Å²) < 4.78 is 1.02. The monoisotopic (exact) mass is 391 g/mol. The number of H-pyrrole nitrogens is 1. The highest BCUT2D eigenvalue weighted by Gasteiger charge is 2.14. The maximum Gasteiger partial charge on any atom is 0.303 e. The molecule has 0 aliphatic rings. The number of carboxylic acids is 1. The lowest BCUT2D eigenvalue weighted by atomic mass is 10.0. The highest BCUT2D eigenvalue weighted by atomic mass is 79.9. The number of aromatic amines is 1. The van der Waals surface area contributed by atoms with Crippen LogP contribution >= 0.6 is 27.5 Å². The van der Waals surface area contributed by atoms with E-state index in [1.165, 1.54) is 0 Å². The molecule has 0 amide bonds. The molecule has 0 unspecified atom stereocenters. The summed E-state index contributed by atoms with van der Waals surface area (Å²) in [6, 6.07) is 13.8. The van der Waals surface area contributed by atoms with Crippen LogP contribution in [0.3, 0.4) is 0 Å². The van der Waals surface area contributed by atoms with Gasteiger partial charge >= 0.3 is 5.97 Å². The largest absolute Gasteiger partial charge is 0.481 e. The van der Waals surface area contributed by atoms with Crippen LogP contribution < -0.4 is 0 Å². The molecule has 5 heteroatoms. The van der Waals surface area contributed by atoms with Crippen molar-refractivity contribution in [1.29, 1.82) is 0 Å². The number of rotatable bonds is 5. The van der Waals surface area contributed by atoms with E-state index in [9.17, 15) is 4.79 Å². The Balaban J connectivity index is 2.07. The molecule has 118 valence electrons. The zero-order chi connectivity index (χ0) is 16.4. The summed E-state index contributed by atoms with van der Waals surface area (Å²) in [5.41, 5.74) is 4.23. The third kappa shape index (κ3) is 3.59. The first-order valence-corrected chi connectivity index (χ1v) is 8.49. The van der Waals surface area contributed by atoms with Crippen molar-refractivity contribution >= 4 is 44.4 Å². The summed E-state index contributed by atoms with van der Waals surface area (Å²) in [4.78, 5) is 14.2. The lowest BCUT2D eigenvalue weighted by molar-refractivity contribution is -0.137. The van der Waals surface area contributed by atoms with Gasteiger partial charge in [0.15, 0.2) is 0 Å². The van der Waals surface area contributed by atoms with Crippen LogP contribution in [0, 0.1) is 0 Å². The summed E-state index contributed by atoms with van der Waals surface area (Å²) in [7, 11) is 0. The number of carbonyl (C=O) groups is 1. The number of nitrogens with one attached hydrogen (secondary N) is 1. The maximum absolute atomic E-state index is 10.8. The number of benzene rings is 2. The third-order valence-electron chi connectivity index (χ3n) is 3.82. The standard InChI is InChI=1S/C18H15BrClNO2/c19-12-6-4-11(5-7-12)18-14(2-1-3-17(22)23)15-10-13(20)8-9-16(15)21-18/h4-10,21H,1-3H2,(H,22,23). The Bertz CT molecular complexity index is 855. The molecule has 1 aromatic heterocycles. The van der Waals surface area contributed by atoms with Gasteiger partial charge in [0.1, 0.15) is 0 Å². The average molecular weight is 393 g/mol. The van der Waals surface area contributed by atoms with E-state index in [-0.39, 0.29) is 6.42 Å². The van der Waals surface area contributed by atoms with Crippen molar-refractivity contribution < 1.29 is 9.90 Å². The SMILES string of the molecule is O=C(O)CCCc1c(-c2ccc(Br)cc2)[nH]c2ccc(Cl)cc12. The van der Waals surface area contributed by atoms with Crippen LogP contribution in [-0.2, 0) is 11.2 Å². The van der Waals surface area contributed by atoms with Gasteiger partial charge in [-0.1, -0.05) is 39.7 Å². The molecule has 0 atom stereocenters. The number of aromatic nitrogens is 1. The van der Waals surface area contributed by atoms with Gasteiger partial charge in [-0.25, -0.2) is 0 Å². The number of hydrogen-bond donors (Lipinski definition) is 2. The summed E-state index contributed by atoms with van der Waals surface area (Å²) in [6.07, 6.45) is 1.45. The fraction of sp³-hybridized carbons (Fsp3) is 0.167. The van der Waals surface area contributed by atoms with Gasteiger partial charge in [0.25, 0.3) is 0 Å². The summed E-state index contributed by atoms with van der Waals surface area (Å²) in [5, 5.41) is 10.6. The van der Waals surface area contributed by atoms with Gasteiger partial charge in [-0.2, -0.15) is 0 Å². The van der Waals surface area contributed by atoms with E-state index in [1.54, 1.807) is 0 Å². The fourth-order valence-corrected chi connectivity index (χ4v) is 3.20. The van der Waals surface area contributed by atoms with Crippen LogP contribution in [0.15, 0.2) is 46.9 Å². The van der Waals surface area contributed by atoms with E-state index in [4.69, 9.17) is 16.7 Å². The number of hydrogen-bond acceptors (Lipinski definition) is 1. The van der Waals surface area contributed by atoms with Crippen molar-refractivity contribution in [2.75, 3.05) is 0 Å². The van der Waals surface area contributed by atoms with Gasteiger partial charge in [-0.3, -0.25) is 4.79 Å². The average Bonchev–Trinajstić information content (AvgIpc) is 2.86. The minimum absolute atomic E-state index is 0.160. The predicted molar refractivity (Wildman–Crippen MR) is 97.0 cm³/mol. The Morgan fingerprint density at radius 1 is 1.17 bits per heavy atom. The number of aliphatic carboxylic acids is 1. The fourth-order valence-electron chi connectivity index (χ4n) is 2.76. The molecule has 0 aliphatic carbocycles. The molecule has 1 heterocycles. The molecule has 0 aliphatic heterocycles. The molecule has 2 aromatic carbocycles. The van der Waals surface area contributed by atoms with Crippen LogP contribution in [0.5, 0.6) is 0 Å². The molecule has 0 spiro atoms. The summed E-state index contributed by atoms with van der Waals surface area (Å²) in [5.74, 6) is -0.770. The summed E-state index contributed by atoms with van der Waals surface area (Å²) in [6.45, 7) is 0. The molecule has 3 nitrogen and oxygen atoms in total. The lowest BCUT2D eigenvalue weighted by Crippen LogP contribution is -1.96. The van der Waals surface area contributed by atoms with Crippen molar-refractivity contribution in [1.82, 2.24) is 4.98 Å².